The Labute approximate surface area is 178 Å². The quantitative estimate of drug-likeness (QED) is 0.473. The second-order valence-electron chi connectivity index (χ2n) is 7.78. The summed E-state index contributed by atoms with van der Waals surface area (Å²) in [7, 11) is 0.431. The van der Waals surface area contributed by atoms with Crippen LogP contribution in [0.3, 0.4) is 0 Å². The van der Waals surface area contributed by atoms with Crippen molar-refractivity contribution in [2.75, 3.05) is 31.5 Å². The maximum absolute atomic E-state index is 13.5. The average Bonchev–Trinajstić information content (AvgIpc) is 3.14. The summed E-state index contributed by atoms with van der Waals surface area (Å²) >= 11 is 0. The number of rotatable bonds is 7. The zero-order valence-corrected chi connectivity index (χ0v) is 18.4. The standard InChI is InChI=1S/C24H27N3O2S/c1-4-27(30(28,29)22-11-9-18-7-5-6-8-19(18)15-22)21-10-12-24-23(16-21)20(17-25-24)13-14-26(2)3/h5-12,15-17,25H,4,13-14H2,1-3H3. The molecule has 5 nitrogen and oxygen atoms in total. The number of hydrogen-bond acceptors (Lipinski definition) is 3. The Kier molecular flexibility index (Phi) is 5.54. The van der Waals surface area contributed by atoms with Crippen LogP contribution in [0.15, 0.2) is 71.8 Å². The van der Waals surface area contributed by atoms with Crippen molar-refractivity contribution in [3.8, 4) is 0 Å². The molecule has 1 aromatic heterocycles. The Bertz CT molecular complexity index is 1290. The third kappa shape index (κ3) is 3.80. The van der Waals surface area contributed by atoms with E-state index in [0.29, 0.717) is 17.1 Å². The topological polar surface area (TPSA) is 56.4 Å². The minimum Gasteiger partial charge on any atom is -0.361 e. The van der Waals surface area contributed by atoms with Crippen LogP contribution in [0, 0.1) is 0 Å². The number of hydrogen-bond donors (Lipinski definition) is 1. The lowest BCUT2D eigenvalue weighted by Crippen LogP contribution is -2.30. The monoisotopic (exact) mass is 421 g/mol. The van der Waals surface area contributed by atoms with E-state index in [1.165, 1.54) is 9.87 Å². The molecule has 3 aromatic carbocycles. The van der Waals surface area contributed by atoms with E-state index >= 15 is 0 Å². The van der Waals surface area contributed by atoms with E-state index in [2.05, 4.69) is 24.0 Å². The number of fused-ring (bicyclic) bond motifs is 2. The van der Waals surface area contributed by atoms with Crippen molar-refractivity contribution in [1.82, 2.24) is 9.88 Å². The van der Waals surface area contributed by atoms with Gasteiger partial charge in [0.1, 0.15) is 0 Å². The third-order valence-corrected chi connectivity index (χ3v) is 7.36. The van der Waals surface area contributed by atoms with Crippen LogP contribution < -0.4 is 4.31 Å². The lowest BCUT2D eigenvalue weighted by atomic mass is 10.1. The van der Waals surface area contributed by atoms with Crippen molar-refractivity contribution in [3.05, 3.63) is 72.4 Å². The van der Waals surface area contributed by atoms with E-state index in [-0.39, 0.29) is 0 Å². The SMILES string of the molecule is CCN(c1ccc2[nH]cc(CCN(C)C)c2c1)S(=O)(=O)c1ccc2ccccc2c1. The molecule has 0 atom stereocenters. The molecule has 1 N–H and O–H groups in total. The molecule has 4 rings (SSSR count). The first-order valence-electron chi connectivity index (χ1n) is 10.2. The highest BCUT2D eigenvalue weighted by molar-refractivity contribution is 7.92. The minimum atomic E-state index is -3.67. The molecule has 0 fully saturated rings. The maximum Gasteiger partial charge on any atom is 0.264 e. The van der Waals surface area contributed by atoms with Crippen LogP contribution in [-0.4, -0.2) is 45.5 Å². The van der Waals surface area contributed by atoms with Gasteiger partial charge in [0.25, 0.3) is 10.0 Å². The summed E-state index contributed by atoms with van der Waals surface area (Å²) in [4.78, 5) is 5.75. The van der Waals surface area contributed by atoms with Crippen molar-refractivity contribution in [1.29, 1.82) is 0 Å². The summed E-state index contributed by atoms with van der Waals surface area (Å²) in [5.41, 5.74) is 2.90. The van der Waals surface area contributed by atoms with E-state index in [1.807, 2.05) is 61.7 Å². The van der Waals surface area contributed by atoms with Gasteiger partial charge >= 0.3 is 0 Å². The Morgan fingerprint density at radius 2 is 1.70 bits per heavy atom. The van der Waals surface area contributed by atoms with Crippen LogP contribution in [0.25, 0.3) is 21.7 Å². The molecular weight excluding hydrogens is 394 g/mol. The third-order valence-electron chi connectivity index (χ3n) is 5.46. The smallest absolute Gasteiger partial charge is 0.264 e. The van der Waals surface area contributed by atoms with Gasteiger partial charge in [-0.3, -0.25) is 4.31 Å². The van der Waals surface area contributed by atoms with Crippen molar-refractivity contribution >= 4 is 37.4 Å². The van der Waals surface area contributed by atoms with Gasteiger partial charge in [0, 0.05) is 30.2 Å². The maximum atomic E-state index is 13.5. The summed E-state index contributed by atoms with van der Waals surface area (Å²) in [6.45, 7) is 3.16. The fourth-order valence-electron chi connectivity index (χ4n) is 3.82. The van der Waals surface area contributed by atoms with Crippen molar-refractivity contribution in [2.24, 2.45) is 0 Å². The Morgan fingerprint density at radius 3 is 2.43 bits per heavy atom. The van der Waals surface area contributed by atoms with Crippen molar-refractivity contribution in [2.45, 2.75) is 18.2 Å². The van der Waals surface area contributed by atoms with Crippen LogP contribution in [-0.2, 0) is 16.4 Å². The first kappa shape index (κ1) is 20.4. The van der Waals surface area contributed by atoms with Crippen LogP contribution in [0.4, 0.5) is 5.69 Å². The molecule has 0 spiro atoms. The zero-order valence-electron chi connectivity index (χ0n) is 17.6. The molecule has 156 valence electrons. The predicted octanol–water partition coefficient (Wildman–Crippen LogP) is 4.64. The molecule has 0 amide bonds. The van der Waals surface area contributed by atoms with Crippen LogP contribution >= 0.6 is 0 Å². The second-order valence-corrected chi connectivity index (χ2v) is 9.64. The number of anilines is 1. The van der Waals surface area contributed by atoms with Crippen LogP contribution in [0.1, 0.15) is 12.5 Å². The fraction of sp³-hybridized carbons (Fsp3) is 0.250. The van der Waals surface area contributed by atoms with Gasteiger partial charge in [-0.15, -0.1) is 0 Å². The molecule has 6 heteroatoms. The van der Waals surface area contributed by atoms with Crippen molar-refractivity contribution < 1.29 is 8.42 Å². The fourth-order valence-corrected chi connectivity index (χ4v) is 5.32. The molecule has 30 heavy (non-hydrogen) atoms. The van der Waals surface area contributed by atoms with Gasteiger partial charge in [-0.2, -0.15) is 0 Å². The molecule has 0 unspecified atom stereocenters. The number of nitrogens with one attached hydrogen (secondary N) is 1. The van der Waals surface area contributed by atoms with E-state index in [9.17, 15) is 8.42 Å². The van der Waals surface area contributed by atoms with Crippen LogP contribution in [0.2, 0.25) is 0 Å². The summed E-state index contributed by atoms with van der Waals surface area (Å²) in [6, 6.07) is 18.9. The lowest BCUT2D eigenvalue weighted by molar-refractivity contribution is 0.414. The highest BCUT2D eigenvalue weighted by Gasteiger charge is 2.24. The highest BCUT2D eigenvalue weighted by atomic mass is 32.2. The number of aromatic amines is 1. The molecule has 1 heterocycles. The van der Waals surface area contributed by atoms with E-state index < -0.39 is 10.0 Å². The number of sulfonamides is 1. The Balaban J connectivity index is 1.74. The zero-order chi connectivity index (χ0) is 21.3. The van der Waals surface area contributed by atoms with E-state index in [1.54, 1.807) is 12.1 Å². The van der Waals surface area contributed by atoms with Gasteiger partial charge in [-0.1, -0.05) is 30.3 Å². The van der Waals surface area contributed by atoms with Crippen molar-refractivity contribution in [3.63, 3.8) is 0 Å². The average molecular weight is 422 g/mol. The van der Waals surface area contributed by atoms with Gasteiger partial charge < -0.3 is 9.88 Å². The van der Waals surface area contributed by atoms with Gasteiger partial charge in [-0.05, 0) is 74.1 Å². The first-order chi connectivity index (χ1) is 14.4. The number of aromatic nitrogens is 1. The van der Waals surface area contributed by atoms with Gasteiger partial charge in [0.2, 0.25) is 0 Å². The summed E-state index contributed by atoms with van der Waals surface area (Å²) < 4.78 is 28.5. The molecule has 0 aliphatic carbocycles. The van der Waals surface area contributed by atoms with Crippen LogP contribution in [0.5, 0.6) is 0 Å². The molecule has 0 aliphatic heterocycles. The van der Waals surface area contributed by atoms with Gasteiger partial charge in [0.15, 0.2) is 0 Å². The summed E-state index contributed by atoms with van der Waals surface area (Å²) in [6.07, 6.45) is 2.92. The molecule has 0 saturated heterocycles. The second kappa shape index (κ2) is 8.13. The predicted molar refractivity (Wildman–Crippen MR) is 125 cm³/mol. The number of nitrogens with zero attached hydrogens (tertiary/aromatic N) is 2. The highest BCUT2D eigenvalue weighted by Crippen LogP contribution is 2.30. The minimum absolute atomic E-state index is 0.310. The number of H-pyrrole nitrogens is 1. The Morgan fingerprint density at radius 1 is 0.933 bits per heavy atom. The molecule has 0 bridgehead atoms. The summed E-state index contributed by atoms with van der Waals surface area (Å²) in [5, 5.41) is 3.02. The number of benzene rings is 3. The largest absolute Gasteiger partial charge is 0.361 e. The lowest BCUT2D eigenvalue weighted by Gasteiger charge is -2.23. The van der Waals surface area contributed by atoms with E-state index in [4.69, 9.17) is 0 Å². The molecule has 0 saturated carbocycles. The van der Waals surface area contributed by atoms with Gasteiger partial charge in [0.05, 0.1) is 10.6 Å². The van der Waals surface area contributed by atoms with E-state index in [0.717, 1.165) is 34.6 Å². The molecule has 4 aromatic rings. The molecule has 0 radical (unpaired) electrons. The normalized spacial score (nSPS) is 12.1. The van der Waals surface area contributed by atoms with Gasteiger partial charge in [-0.25, -0.2) is 8.42 Å². The Hall–Kier alpha value is -2.83. The number of likely N-dealkylation sites (N-methyl/N-ethyl adjacent to an activating group) is 1. The molecular formula is C24H27N3O2S. The summed E-state index contributed by atoms with van der Waals surface area (Å²) in [5.74, 6) is 0. The first-order valence-corrected chi connectivity index (χ1v) is 11.6. The molecule has 0 aliphatic rings.